The molecule has 0 amide bonds. The predicted octanol–water partition coefficient (Wildman–Crippen LogP) is 0.525. The molecule has 0 radical (unpaired) electrons. The lowest BCUT2D eigenvalue weighted by atomic mass is 10.3. The van der Waals surface area contributed by atoms with Crippen LogP contribution in [0.2, 0.25) is 5.02 Å². The van der Waals surface area contributed by atoms with E-state index in [1.165, 1.54) is 6.07 Å². The molecule has 2 aliphatic heterocycles. The molecular formula is C11H13ClN4O2S. The lowest BCUT2D eigenvalue weighted by molar-refractivity contribution is 0.351. The molecule has 0 aliphatic carbocycles. The van der Waals surface area contributed by atoms with E-state index in [0.717, 1.165) is 26.2 Å². The number of guanidine groups is 1. The highest BCUT2D eigenvalue weighted by Crippen LogP contribution is 2.30. The highest BCUT2D eigenvalue weighted by molar-refractivity contribution is 7.90. The van der Waals surface area contributed by atoms with Gasteiger partial charge in [0, 0.05) is 31.2 Å². The monoisotopic (exact) mass is 300 g/mol. The zero-order chi connectivity index (χ0) is 13.5. The van der Waals surface area contributed by atoms with Gasteiger partial charge in [-0.25, -0.2) is 18.1 Å². The van der Waals surface area contributed by atoms with E-state index in [9.17, 15) is 8.42 Å². The highest BCUT2D eigenvalue weighted by Gasteiger charge is 2.28. The van der Waals surface area contributed by atoms with Crippen LogP contribution in [-0.2, 0) is 10.0 Å². The summed E-state index contributed by atoms with van der Waals surface area (Å²) in [5.41, 5.74) is 0.427. The minimum Gasteiger partial charge on any atom is -0.339 e. The summed E-state index contributed by atoms with van der Waals surface area (Å²) in [5.74, 6) is 0.385. The van der Waals surface area contributed by atoms with Gasteiger partial charge in [0.05, 0.1) is 5.69 Å². The molecule has 0 bridgehead atoms. The van der Waals surface area contributed by atoms with Crippen LogP contribution in [0.3, 0.4) is 0 Å². The van der Waals surface area contributed by atoms with Gasteiger partial charge in [0.2, 0.25) is 5.96 Å². The number of benzene rings is 1. The average Bonchev–Trinajstić information content (AvgIpc) is 2.40. The average molecular weight is 301 g/mol. The Morgan fingerprint density at radius 1 is 1.26 bits per heavy atom. The number of aliphatic imine (C=N–C) groups is 1. The second kappa shape index (κ2) is 4.66. The summed E-state index contributed by atoms with van der Waals surface area (Å²) < 4.78 is 26.9. The number of piperazine rings is 1. The van der Waals surface area contributed by atoms with Gasteiger partial charge in [-0.2, -0.15) is 0 Å². The van der Waals surface area contributed by atoms with Crippen LogP contribution in [-0.4, -0.2) is 45.5 Å². The summed E-state index contributed by atoms with van der Waals surface area (Å²) in [6.45, 7) is 3.08. The van der Waals surface area contributed by atoms with Gasteiger partial charge in [0.25, 0.3) is 10.0 Å². The van der Waals surface area contributed by atoms with Crippen molar-refractivity contribution in [2.45, 2.75) is 4.90 Å². The van der Waals surface area contributed by atoms with Crippen LogP contribution in [0.5, 0.6) is 0 Å². The topological polar surface area (TPSA) is 73.8 Å². The quantitative estimate of drug-likeness (QED) is 0.733. The van der Waals surface area contributed by atoms with Crippen LogP contribution in [0.4, 0.5) is 5.69 Å². The van der Waals surface area contributed by atoms with E-state index in [-0.39, 0.29) is 4.90 Å². The van der Waals surface area contributed by atoms with E-state index in [1.807, 2.05) is 4.90 Å². The van der Waals surface area contributed by atoms with E-state index >= 15 is 0 Å². The molecule has 2 heterocycles. The van der Waals surface area contributed by atoms with Crippen molar-refractivity contribution < 1.29 is 8.42 Å². The third-order valence-corrected chi connectivity index (χ3v) is 4.67. The largest absolute Gasteiger partial charge is 0.339 e. The van der Waals surface area contributed by atoms with E-state index in [4.69, 9.17) is 11.6 Å². The fraction of sp³-hybridized carbons (Fsp3) is 0.364. The van der Waals surface area contributed by atoms with Crippen LogP contribution >= 0.6 is 11.6 Å². The van der Waals surface area contributed by atoms with E-state index in [0.29, 0.717) is 16.7 Å². The molecule has 102 valence electrons. The molecule has 0 unspecified atom stereocenters. The molecule has 0 atom stereocenters. The highest BCUT2D eigenvalue weighted by atomic mass is 35.5. The molecule has 3 rings (SSSR count). The lowest BCUT2D eigenvalue weighted by Crippen LogP contribution is -2.52. The van der Waals surface area contributed by atoms with Gasteiger partial charge in [-0.05, 0) is 18.2 Å². The molecule has 19 heavy (non-hydrogen) atoms. The lowest BCUT2D eigenvalue weighted by Gasteiger charge is -2.32. The summed E-state index contributed by atoms with van der Waals surface area (Å²) >= 11 is 5.83. The van der Waals surface area contributed by atoms with Crippen molar-refractivity contribution in [3.05, 3.63) is 23.2 Å². The van der Waals surface area contributed by atoms with Crippen LogP contribution in [0.15, 0.2) is 28.1 Å². The Morgan fingerprint density at radius 3 is 2.74 bits per heavy atom. The maximum absolute atomic E-state index is 12.2. The normalized spacial score (nSPS) is 21.3. The van der Waals surface area contributed by atoms with Crippen LogP contribution in [0.1, 0.15) is 0 Å². The first-order valence-corrected chi connectivity index (χ1v) is 7.79. The fourth-order valence-corrected chi connectivity index (χ4v) is 3.55. The second-order valence-electron chi connectivity index (χ2n) is 4.39. The van der Waals surface area contributed by atoms with Crippen molar-refractivity contribution in [1.82, 2.24) is 14.9 Å². The Kier molecular flexibility index (Phi) is 3.12. The van der Waals surface area contributed by atoms with Gasteiger partial charge in [-0.3, -0.25) is 0 Å². The van der Waals surface area contributed by atoms with E-state index < -0.39 is 10.0 Å². The number of fused-ring (bicyclic) bond motifs is 1. The molecular weight excluding hydrogens is 288 g/mol. The van der Waals surface area contributed by atoms with Crippen molar-refractivity contribution in [3.8, 4) is 0 Å². The standard InChI is InChI=1S/C11H13ClN4O2S/c12-8-1-2-9-10(7-8)19(17,18)15-11(14-9)16-5-3-13-4-6-16/h1-2,7,13H,3-6H2,(H,14,15). The minimum absolute atomic E-state index is 0.124. The van der Waals surface area contributed by atoms with Crippen LogP contribution in [0.25, 0.3) is 0 Å². The maximum Gasteiger partial charge on any atom is 0.266 e. The van der Waals surface area contributed by atoms with Crippen LogP contribution in [0, 0.1) is 0 Å². The molecule has 0 spiro atoms. The Bertz CT molecular complexity index is 638. The summed E-state index contributed by atoms with van der Waals surface area (Å²) in [6.07, 6.45) is 0. The first-order chi connectivity index (χ1) is 9.06. The number of halogens is 1. The SMILES string of the molecule is O=S1(=O)NC(N2CCNCC2)=Nc2ccc(Cl)cc21. The number of hydrogen-bond acceptors (Lipinski definition) is 5. The fourth-order valence-electron chi connectivity index (χ4n) is 2.12. The number of rotatable bonds is 0. The Morgan fingerprint density at radius 2 is 2.00 bits per heavy atom. The summed E-state index contributed by atoms with van der Waals surface area (Å²) in [6, 6.07) is 4.68. The van der Waals surface area contributed by atoms with E-state index in [2.05, 4.69) is 15.0 Å². The van der Waals surface area contributed by atoms with E-state index in [1.54, 1.807) is 12.1 Å². The first kappa shape index (κ1) is 12.7. The molecule has 1 aromatic carbocycles. The molecule has 6 nitrogen and oxygen atoms in total. The van der Waals surface area contributed by atoms with Gasteiger partial charge in [0.1, 0.15) is 4.90 Å². The summed E-state index contributed by atoms with van der Waals surface area (Å²) in [7, 11) is -3.59. The zero-order valence-electron chi connectivity index (χ0n) is 10.1. The molecule has 0 aromatic heterocycles. The van der Waals surface area contributed by atoms with Gasteiger partial charge in [-0.1, -0.05) is 11.6 Å². The third kappa shape index (κ3) is 2.41. The number of nitrogens with one attached hydrogen (secondary N) is 2. The molecule has 1 aromatic rings. The third-order valence-electron chi connectivity index (χ3n) is 3.08. The molecule has 0 saturated carbocycles. The van der Waals surface area contributed by atoms with Crippen LogP contribution < -0.4 is 10.0 Å². The molecule has 1 saturated heterocycles. The minimum atomic E-state index is -3.59. The Balaban J connectivity index is 2.03. The van der Waals surface area contributed by atoms with Crippen molar-refractivity contribution >= 4 is 33.3 Å². The molecule has 8 heteroatoms. The van der Waals surface area contributed by atoms with Gasteiger partial charge in [-0.15, -0.1) is 0 Å². The summed E-state index contributed by atoms with van der Waals surface area (Å²) in [4.78, 5) is 6.42. The summed E-state index contributed by atoms with van der Waals surface area (Å²) in [5, 5.41) is 3.59. The molecule has 2 N–H and O–H groups in total. The van der Waals surface area contributed by atoms with Gasteiger partial charge < -0.3 is 10.2 Å². The van der Waals surface area contributed by atoms with Gasteiger partial charge in [0.15, 0.2) is 0 Å². The Labute approximate surface area is 116 Å². The van der Waals surface area contributed by atoms with Crippen molar-refractivity contribution in [2.75, 3.05) is 26.2 Å². The van der Waals surface area contributed by atoms with Crippen molar-refractivity contribution in [3.63, 3.8) is 0 Å². The number of nitrogens with zero attached hydrogens (tertiary/aromatic N) is 2. The Hall–Kier alpha value is -1.31. The molecule has 2 aliphatic rings. The van der Waals surface area contributed by atoms with Crippen molar-refractivity contribution in [2.24, 2.45) is 4.99 Å². The first-order valence-electron chi connectivity index (χ1n) is 5.93. The van der Waals surface area contributed by atoms with Gasteiger partial charge >= 0.3 is 0 Å². The molecule has 1 fully saturated rings. The zero-order valence-corrected chi connectivity index (χ0v) is 11.6. The number of sulfonamides is 1. The number of hydrogen-bond donors (Lipinski definition) is 2. The predicted molar refractivity (Wildman–Crippen MR) is 73.3 cm³/mol. The maximum atomic E-state index is 12.2. The smallest absolute Gasteiger partial charge is 0.266 e. The second-order valence-corrected chi connectivity index (χ2v) is 6.48. The van der Waals surface area contributed by atoms with Crippen molar-refractivity contribution in [1.29, 1.82) is 0 Å².